The summed E-state index contributed by atoms with van der Waals surface area (Å²) >= 11 is 0. The van der Waals surface area contributed by atoms with Gasteiger partial charge in [-0.1, -0.05) is 12.8 Å². The summed E-state index contributed by atoms with van der Waals surface area (Å²) in [6.45, 7) is 8.49. The van der Waals surface area contributed by atoms with Crippen LogP contribution in [0.5, 0.6) is 0 Å². The van der Waals surface area contributed by atoms with Gasteiger partial charge in [0.15, 0.2) is 0 Å². The van der Waals surface area contributed by atoms with E-state index in [9.17, 15) is 4.79 Å². The number of carbonyl (C=O) groups is 1. The Balaban J connectivity index is 1.57. The van der Waals surface area contributed by atoms with Gasteiger partial charge in [0.05, 0.1) is 6.04 Å². The van der Waals surface area contributed by atoms with E-state index in [1.807, 2.05) is 0 Å². The van der Waals surface area contributed by atoms with Crippen molar-refractivity contribution < 1.29 is 4.79 Å². The first-order valence-electron chi connectivity index (χ1n) is 7.99. The summed E-state index contributed by atoms with van der Waals surface area (Å²) in [4.78, 5) is 17.2. The van der Waals surface area contributed by atoms with Gasteiger partial charge in [0.25, 0.3) is 0 Å². The van der Waals surface area contributed by atoms with Gasteiger partial charge < -0.3 is 10.2 Å². The van der Waals surface area contributed by atoms with Crippen molar-refractivity contribution >= 4 is 5.91 Å². The Hall–Kier alpha value is -0.610. The third-order valence-corrected chi connectivity index (χ3v) is 5.25. The van der Waals surface area contributed by atoms with Gasteiger partial charge in [-0.15, -0.1) is 0 Å². The summed E-state index contributed by atoms with van der Waals surface area (Å²) < 4.78 is 0. The summed E-state index contributed by atoms with van der Waals surface area (Å²) in [5.41, 5.74) is 0. The largest absolute Gasteiger partial charge is 0.341 e. The van der Waals surface area contributed by atoms with Crippen molar-refractivity contribution in [1.29, 1.82) is 0 Å². The van der Waals surface area contributed by atoms with Gasteiger partial charge in [-0.05, 0) is 44.7 Å². The second-order valence-electron chi connectivity index (χ2n) is 6.55. The molecule has 0 aromatic carbocycles. The van der Waals surface area contributed by atoms with Crippen LogP contribution in [-0.2, 0) is 4.79 Å². The van der Waals surface area contributed by atoms with E-state index >= 15 is 0 Å². The number of rotatable bonds is 2. The Morgan fingerprint density at radius 2 is 1.63 bits per heavy atom. The Morgan fingerprint density at radius 1 is 1.05 bits per heavy atom. The lowest BCUT2D eigenvalue weighted by atomic mass is 10.0. The fourth-order valence-electron chi connectivity index (χ4n) is 3.94. The highest BCUT2D eigenvalue weighted by molar-refractivity contribution is 5.81. The minimum Gasteiger partial charge on any atom is -0.341 e. The molecule has 0 aromatic heterocycles. The van der Waals surface area contributed by atoms with Crippen LogP contribution >= 0.6 is 0 Å². The van der Waals surface area contributed by atoms with Gasteiger partial charge in [-0.3, -0.25) is 9.69 Å². The lowest BCUT2D eigenvalue weighted by Crippen LogP contribution is -2.47. The molecule has 3 heterocycles. The second-order valence-corrected chi connectivity index (χ2v) is 6.55. The maximum absolute atomic E-state index is 12.7. The molecule has 19 heavy (non-hydrogen) atoms. The highest BCUT2D eigenvalue weighted by Crippen LogP contribution is 2.27. The predicted molar refractivity (Wildman–Crippen MR) is 75.9 cm³/mol. The molecule has 1 N–H and O–H groups in total. The van der Waals surface area contributed by atoms with Gasteiger partial charge in [0, 0.05) is 26.2 Å². The summed E-state index contributed by atoms with van der Waals surface area (Å²) in [6.07, 6.45) is 5.17. The van der Waals surface area contributed by atoms with Gasteiger partial charge in [0.1, 0.15) is 0 Å². The molecule has 3 saturated heterocycles. The number of nitrogens with zero attached hydrogens (tertiary/aromatic N) is 2. The third kappa shape index (κ3) is 2.79. The summed E-state index contributed by atoms with van der Waals surface area (Å²) in [5.74, 6) is 1.79. The van der Waals surface area contributed by atoms with Crippen LogP contribution in [0.15, 0.2) is 0 Å². The molecule has 4 heteroatoms. The van der Waals surface area contributed by atoms with Crippen molar-refractivity contribution in [1.82, 2.24) is 15.1 Å². The zero-order valence-corrected chi connectivity index (χ0v) is 12.1. The zero-order valence-electron chi connectivity index (χ0n) is 12.1. The molecule has 3 aliphatic heterocycles. The monoisotopic (exact) mass is 265 g/mol. The maximum atomic E-state index is 12.7. The molecule has 3 aliphatic rings. The van der Waals surface area contributed by atoms with Crippen LogP contribution in [0.3, 0.4) is 0 Å². The van der Waals surface area contributed by atoms with Gasteiger partial charge in [-0.2, -0.15) is 0 Å². The molecule has 0 bridgehead atoms. The topological polar surface area (TPSA) is 35.6 Å². The van der Waals surface area contributed by atoms with Gasteiger partial charge in [0.2, 0.25) is 5.91 Å². The van der Waals surface area contributed by atoms with E-state index in [0.29, 0.717) is 17.7 Å². The van der Waals surface area contributed by atoms with Crippen molar-refractivity contribution in [3.63, 3.8) is 0 Å². The zero-order chi connectivity index (χ0) is 13.2. The molecule has 0 radical (unpaired) electrons. The molecular formula is C15H27N3O. The van der Waals surface area contributed by atoms with Gasteiger partial charge in [-0.25, -0.2) is 0 Å². The Labute approximate surface area is 116 Å². The summed E-state index contributed by atoms with van der Waals surface area (Å²) in [5, 5.41) is 3.44. The van der Waals surface area contributed by atoms with E-state index in [-0.39, 0.29) is 6.04 Å². The first-order valence-corrected chi connectivity index (χ1v) is 7.99. The van der Waals surface area contributed by atoms with Crippen LogP contribution in [0.4, 0.5) is 0 Å². The van der Waals surface area contributed by atoms with E-state index in [4.69, 9.17) is 0 Å². The number of fused-ring (bicyclic) bond motifs is 1. The van der Waals surface area contributed by atoms with Crippen LogP contribution < -0.4 is 5.32 Å². The third-order valence-electron chi connectivity index (χ3n) is 5.25. The predicted octanol–water partition coefficient (Wildman–Crippen LogP) is 0.929. The number of carbonyl (C=O) groups excluding carboxylic acids is 1. The standard InChI is InChI=1S/C15H27N3O/c1-12(17-6-4-2-3-5-7-17)15(19)18-10-13-8-16-9-14(13)11-18/h12-14,16H,2-11H2,1H3/t12?,13-,14+. The molecule has 4 nitrogen and oxygen atoms in total. The fourth-order valence-corrected chi connectivity index (χ4v) is 3.94. The number of nitrogens with one attached hydrogen (secondary N) is 1. The number of likely N-dealkylation sites (tertiary alicyclic amines) is 2. The Bertz CT molecular complexity index is 313. The minimum atomic E-state index is 0.0879. The van der Waals surface area contributed by atoms with Crippen LogP contribution in [0.2, 0.25) is 0 Å². The molecule has 3 fully saturated rings. The van der Waals surface area contributed by atoms with E-state index in [1.54, 1.807) is 0 Å². The second kappa shape index (κ2) is 5.80. The van der Waals surface area contributed by atoms with Crippen molar-refractivity contribution in [3.8, 4) is 0 Å². The number of hydrogen-bond acceptors (Lipinski definition) is 3. The maximum Gasteiger partial charge on any atom is 0.239 e. The van der Waals surface area contributed by atoms with Crippen LogP contribution in [-0.4, -0.2) is 61.0 Å². The van der Waals surface area contributed by atoms with E-state index in [1.165, 1.54) is 25.7 Å². The highest BCUT2D eigenvalue weighted by Gasteiger charge is 2.39. The lowest BCUT2D eigenvalue weighted by molar-refractivity contribution is -0.135. The molecular weight excluding hydrogens is 238 g/mol. The molecule has 0 aliphatic carbocycles. The quantitative estimate of drug-likeness (QED) is 0.807. The lowest BCUT2D eigenvalue weighted by Gasteiger charge is -2.30. The highest BCUT2D eigenvalue weighted by atomic mass is 16.2. The van der Waals surface area contributed by atoms with Crippen LogP contribution in [0.1, 0.15) is 32.6 Å². The molecule has 0 saturated carbocycles. The number of hydrogen-bond donors (Lipinski definition) is 1. The average molecular weight is 265 g/mol. The summed E-state index contributed by atoms with van der Waals surface area (Å²) in [6, 6.07) is 0.0879. The fraction of sp³-hybridized carbons (Fsp3) is 0.933. The molecule has 3 rings (SSSR count). The van der Waals surface area contributed by atoms with Crippen molar-refractivity contribution in [3.05, 3.63) is 0 Å². The normalized spacial score (nSPS) is 34.1. The average Bonchev–Trinajstić information content (AvgIpc) is 2.89. The molecule has 0 aromatic rings. The van der Waals surface area contributed by atoms with Crippen LogP contribution in [0, 0.1) is 11.8 Å². The summed E-state index contributed by atoms with van der Waals surface area (Å²) in [7, 11) is 0. The first-order chi connectivity index (χ1) is 9.25. The SMILES string of the molecule is CC(C(=O)N1C[C@H]2CNC[C@H]2C1)N1CCCCCC1. The molecule has 1 amide bonds. The molecule has 1 unspecified atom stereocenters. The van der Waals surface area contributed by atoms with E-state index in [0.717, 1.165) is 39.3 Å². The van der Waals surface area contributed by atoms with Crippen molar-refractivity contribution in [2.45, 2.75) is 38.6 Å². The minimum absolute atomic E-state index is 0.0879. The van der Waals surface area contributed by atoms with E-state index in [2.05, 4.69) is 22.0 Å². The smallest absolute Gasteiger partial charge is 0.239 e. The molecule has 3 atom stereocenters. The first kappa shape index (κ1) is 13.4. The molecule has 108 valence electrons. The van der Waals surface area contributed by atoms with Crippen molar-refractivity contribution in [2.24, 2.45) is 11.8 Å². The Kier molecular flexibility index (Phi) is 4.08. The van der Waals surface area contributed by atoms with E-state index < -0.39 is 0 Å². The van der Waals surface area contributed by atoms with Crippen molar-refractivity contribution in [2.75, 3.05) is 39.3 Å². The molecule has 0 spiro atoms. The Morgan fingerprint density at radius 3 is 2.21 bits per heavy atom. The van der Waals surface area contributed by atoms with Crippen LogP contribution in [0.25, 0.3) is 0 Å². The number of amides is 1. The van der Waals surface area contributed by atoms with Gasteiger partial charge >= 0.3 is 0 Å².